The van der Waals surface area contributed by atoms with Gasteiger partial charge in [-0.25, -0.2) is 0 Å². The molecule has 0 amide bonds. The van der Waals surface area contributed by atoms with Crippen molar-refractivity contribution in [2.45, 2.75) is 82.0 Å². The highest BCUT2D eigenvalue weighted by molar-refractivity contribution is 5.69. The Hall–Kier alpha value is -2.70. The SMILES string of the molecule is CC12CC[C@H](CC(=O)O)C1Nc1ccc(OCc3ccc(C4CCCC4)c(C(F)(F)F)c3)cc12. The lowest BCUT2D eigenvalue weighted by Gasteiger charge is -2.27. The van der Waals surface area contributed by atoms with Crippen LogP contribution in [0.2, 0.25) is 0 Å². The first-order chi connectivity index (χ1) is 16.1. The number of fused-ring (bicyclic) bond motifs is 3. The van der Waals surface area contributed by atoms with Gasteiger partial charge >= 0.3 is 12.1 Å². The van der Waals surface area contributed by atoms with Crippen molar-refractivity contribution in [2.24, 2.45) is 5.92 Å². The Balaban J connectivity index is 1.33. The molecule has 0 spiro atoms. The molecule has 2 aromatic carbocycles. The molecule has 2 unspecified atom stereocenters. The van der Waals surface area contributed by atoms with E-state index in [0.717, 1.165) is 49.8 Å². The van der Waals surface area contributed by atoms with E-state index in [-0.39, 0.29) is 36.3 Å². The van der Waals surface area contributed by atoms with Crippen LogP contribution in [0.3, 0.4) is 0 Å². The summed E-state index contributed by atoms with van der Waals surface area (Å²) in [4.78, 5) is 11.3. The quantitative estimate of drug-likeness (QED) is 0.480. The minimum atomic E-state index is -4.38. The Morgan fingerprint density at radius 2 is 1.91 bits per heavy atom. The fraction of sp³-hybridized carbons (Fsp3) is 0.519. The van der Waals surface area contributed by atoms with Crippen molar-refractivity contribution in [3.05, 3.63) is 58.7 Å². The van der Waals surface area contributed by atoms with Gasteiger partial charge in [0.25, 0.3) is 0 Å². The van der Waals surface area contributed by atoms with Crippen LogP contribution < -0.4 is 10.1 Å². The maximum Gasteiger partial charge on any atom is 0.416 e. The zero-order valence-electron chi connectivity index (χ0n) is 19.3. The molecule has 0 bridgehead atoms. The number of carboxylic acid groups (broad SMARTS) is 1. The van der Waals surface area contributed by atoms with Crippen LogP contribution in [-0.2, 0) is 23.0 Å². The van der Waals surface area contributed by atoms with Crippen LogP contribution in [0.25, 0.3) is 0 Å². The van der Waals surface area contributed by atoms with Gasteiger partial charge in [-0.15, -0.1) is 0 Å². The first-order valence-electron chi connectivity index (χ1n) is 12.1. The summed E-state index contributed by atoms with van der Waals surface area (Å²) in [6.45, 7) is 2.21. The van der Waals surface area contributed by atoms with Crippen molar-refractivity contribution in [3.8, 4) is 5.75 Å². The van der Waals surface area contributed by atoms with Crippen LogP contribution in [0.4, 0.5) is 18.9 Å². The van der Waals surface area contributed by atoms with Gasteiger partial charge in [-0.05, 0) is 78.5 Å². The zero-order valence-corrected chi connectivity index (χ0v) is 19.3. The van der Waals surface area contributed by atoms with E-state index in [4.69, 9.17) is 4.74 Å². The van der Waals surface area contributed by atoms with E-state index in [9.17, 15) is 23.1 Å². The molecule has 2 fully saturated rings. The van der Waals surface area contributed by atoms with Gasteiger partial charge in [-0.3, -0.25) is 4.79 Å². The van der Waals surface area contributed by atoms with E-state index >= 15 is 0 Å². The molecule has 1 aliphatic heterocycles. The normalized spacial score (nSPS) is 26.2. The molecule has 4 nitrogen and oxygen atoms in total. The van der Waals surface area contributed by atoms with E-state index in [0.29, 0.717) is 16.9 Å². The summed E-state index contributed by atoms with van der Waals surface area (Å²) in [7, 11) is 0. The van der Waals surface area contributed by atoms with Gasteiger partial charge in [0.05, 0.1) is 12.0 Å². The maximum atomic E-state index is 13.8. The van der Waals surface area contributed by atoms with Crippen molar-refractivity contribution in [3.63, 3.8) is 0 Å². The zero-order chi connectivity index (χ0) is 24.1. The largest absolute Gasteiger partial charge is 0.489 e. The summed E-state index contributed by atoms with van der Waals surface area (Å²) < 4.78 is 47.3. The van der Waals surface area contributed by atoms with Crippen LogP contribution in [-0.4, -0.2) is 17.1 Å². The first kappa shape index (κ1) is 23.1. The lowest BCUT2D eigenvalue weighted by molar-refractivity contribution is -0.139. The first-order valence-corrected chi connectivity index (χ1v) is 12.1. The highest BCUT2D eigenvalue weighted by atomic mass is 19.4. The Labute approximate surface area is 197 Å². The predicted octanol–water partition coefficient (Wildman–Crippen LogP) is 6.88. The monoisotopic (exact) mass is 473 g/mol. The third-order valence-corrected chi connectivity index (χ3v) is 8.17. The van der Waals surface area contributed by atoms with Crippen molar-refractivity contribution in [1.82, 2.24) is 0 Å². The standard InChI is InChI=1S/C27H30F3NO3/c1-26-11-10-18(13-24(32)33)25(26)31-23-9-7-19(14-22(23)26)34-15-16-6-8-20(17-4-2-3-5-17)21(12-16)27(28,29)30/h6-9,12,14,17-18,25,31H,2-5,10-11,13,15H2,1H3,(H,32,33)/t18-,25?,26?/m1/s1. The molecule has 0 aromatic heterocycles. The number of nitrogens with one attached hydrogen (secondary N) is 1. The third-order valence-electron chi connectivity index (χ3n) is 8.17. The van der Waals surface area contributed by atoms with Crippen molar-refractivity contribution in [1.29, 1.82) is 0 Å². The lowest BCUT2D eigenvalue weighted by Crippen LogP contribution is -2.35. The third kappa shape index (κ3) is 4.14. The number of benzene rings is 2. The Kier molecular flexibility index (Phi) is 5.77. The minimum Gasteiger partial charge on any atom is -0.489 e. The highest BCUT2D eigenvalue weighted by Gasteiger charge is 2.51. The number of aliphatic carboxylic acids is 1. The van der Waals surface area contributed by atoms with Gasteiger partial charge in [0, 0.05) is 17.1 Å². The van der Waals surface area contributed by atoms with Crippen LogP contribution in [0.5, 0.6) is 5.75 Å². The average molecular weight is 474 g/mol. The molecule has 2 N–H and O–H groups in total. The van der Waals surface area contributed by atoms with Crippen LogP contribution >= 0.6 is 0 Å². The second-order valence-electron chi connectivity index (χ2n) is 10.3. The minimum absolute atomic E-state index is 0.0131. The molecule has 34 heavy (non-hydrogen) atoms. The van der Waals surface area contributed by atoms with Gasteiger partial charge in [-0.2, -0.15) is 13.2 Å². The number of carboxylic acids is 1. The number of rotatable bonds is 6. The summed E-state index contributed by atoms with van der Waals surface area (Å²) in [6, 6.07) is 10.4. The Morgan fingerprint density at radius 3 is 2.62 bits per heavy atom. The summed E-state index contributed by atoms with van der Waals surface area (Å²) in [6.07, 6.45) is 1.09. The van der Waals surface area contributed by atoms with Gasteiger partial charge in [0.15, 0.2) is 0 Å². The molecule has 3 aliphatic rings. The number of carbonyl (C=O) groups is 1. The molecule has 2 aliphatic carbocycles. The van der Waals surface area contributed by atoms with Gasteiger partial charge in [0.1, 0.15) is 12.4 Å². The molecule has 7 heteroatoms. The molecule has 5 rings (SSSR count). The van der Waals surface area contributed by atoms with E-state index in [1.165, 1.54) is 6.07 Å². The smallest absolute Gasteiger partial charge is 0.416 e. The number of halogens is 3. The van der Waals surface area contributed by atoms with Crippen LogP contribution in [0, 0.1) is 5.92 Å². The number of hydrogen-bond donors (Lipinski definition) is 2. The fourth-order valence-electron chi connectivity index (χ4n) is 6.43. The number of anilines is 1. The van der Waals surface area contributed by atoms with E-state index < -0.39 is 17.7 Å². The molecular weight excluding hydrogens is 443 g/mol. The van der Waals surface area contributed by atoms with Crippen LogP contribution in [0.1, 0.15) is 80.0 Å². The van der Waals surface area contributed by atoms with E-state index in [2.05, 4.69) is 12.2 Å². The fourth-order valence-corrected chi connectivity index (χ4v) is 6.43. The van der Waals surface area contributed by atoms with Crippen LogP contribution in [0.15, 0.2) is 36.4 Å². The second-order valence-corrected chi connectivity index (χ2v) is 10.3. The molecule has 182 valence electrons. The molecule has 1 heterocycles. The van der Waals surface area contributed by atoms with Gasteiger partial charge in [-0.1, -0.05) is 31.9 Å². The maximum absolute atomic E-state index is 13.8. The molecule has 0 radical (unpaired) electrons. The molecule has 0 saturated heterocycles. The molecule has 3 atom stereocenters. The summed E-state index contributed by atoms with van der Waals surface area (Å²) in [5, 5.41) is 12.8. The van der Waals surface area contributed by atoms with Gasteiger partial charge < -0.3 is 15.2 Å². The van der Waals surface area contributed by atoms with Crippen molar-refractivity contribution < 1.29 is 27.8 Å². The second kappa shape index (κ2) is 8.51. The van der Waals surface area contributed by atoms with E-state index in [1.807, 2.05) is 18.2 Å². The topological polar surface area (TPSA) is 58.6 Å². The Bertz CT molecular complexity index is 1090. The molecular formula is C27H30F3NO3. The van der Waals surface area contributed by atoms with E-state index in [1.54, 1.807) is 12.1 Å². The summed E-state index contributed by atoms with van der Waals surface area (Å²) in [5.41, 5.74) is 2.27. The molecule has 2 saturated carbocycles. The van der Waals surface area contributed by atoms with Crippen molar-refractivity contribution in [2.75, 3.05) is 5.32 Å². The number of hydrogen-bond acceptors (Lipinski definition) is 3. The van der Waals surface area contributed by atoms with Gasteiger partial charge in [0.2, 0.25) is 0 Å². The summed E-state index contributed by atoms with van der Waals surface area (Å²) >= 11 is 0. The van der Waals surface area contributed by atoms with Crippen molar-refractivity contribution >= 4 is 11.7 Å². The summed E-state index contributed by atoms with van der Waals surface area (Å²) in [5.74, 6) is -0.120. The number of ether oxygens (including phenoxy) is 1. The lowest BCUT2D eigenvalue weighted by atomic mass is 9.79. The molecule has 2 aromatic rings. The predicted molar refractivity (Wildman–Crippen MR) is 123 cm³/mol. The highest BCUT2D eigenvalue weighted by Crippen LogP contribution is 2.54. The number of alkyl halides is 3. The average Bonchev–Trinajstić information content (AvgIpc) is 3.48. The Morgan fingerprint density at radius 1 is 1.15 bits per heavy atom.